The maximum absolute atomic E-state index is 13.1. The Bertz CT molecular complexity index is 898. The van der Waals surface area contributed by atoms with E-state index in [0.717, 1.165) is 5.75 Å². The molecule has 2 aromatic carbocycles. The van der Waals surface area contributed by atoms with Crippen LogP contribution in [0.3, 0.4) is 0 Å². The van der Waals surface area contributed by atoms with Crippen molar-refractivity contribution in [3.8, 4) is 5.75 Å². The van der Waals surface area contributed by atoms with Crippen LogP contribution in [0.25, 0.3) is 0 Å². The molecule has 5 nitrogen and oxygen atoms in total. The molecule has 2 aliphatic rings. The van der Waals surface area contributed by atoms with E-state index in [2.05, 4.69) is 32.9 Å². The zero-order valence-electron chi connectivity index (χ0n) is 17.0. The highest BCUT2D eigenvalue weighted by Crippen LogP contribution is 2.48. The third-order valence-corrected chi connectivity index (χ3v) is 5.65. The van der Waals surface area contributed by atoms with Crippen LogP contribution in [-0.4, -0.2) is 32.3 Å². The summed E-state index contributed by atoms with van der Waals surface area (Å²) in [5.41, 5.74) is 2.74. The number of benzene rings is 2. The van der Waals surface area contributed by atoms with Gasteiger partial charge in [-0.1, -0.05) is 56.6 Å². The number of carbonyl (C=O) groups excluding carboxylic acids is 1. The van der Waals surface area contributed by atoms with E-state index >= 15 is 0 Å². The van der Waals surface area contributed by atoms with Crippen LogP contribution in [0.4, 0.5) is 5.69 Å². The van der Waals surface area contributed by atoms with Crippen LogP contribution in [0.1, 0.15) is 38.3 Å². The number of nitrogens with zero attached hydrogens (tertiary/aromatic N) is 1. The number of para-hydroxylation sites is 1. The molecule has 0 atom stereocenters. The summed E-state index contributed by atoms with van der Waals surface area (Å²) in [5.74, 6) is -0.736. The Morgan fingerprint density at radius 1 is 1.10 bits per heavy atom. The molecular weight excluding hydrogens is 390 g/mol. The summed E-state index contributed by atoms with van der Waals surface area (Å²) >= 11 is 6.42. The molecule has 2 aliphatic heterocycles. The van der Waals surface area contributed by atoms with Crippen molar-refractivity contribution in [1.82, 2.24) is 0 Å². The van der Waals surface area contributed by atoms with Gasteiger partial charge >= 0.3 is 0 Å². The third-order valence-electron chi connectivity index (χ3n) is 5.35. The molecular formula is C23H26ClNO4. The van der Waals surface area contributed by atoms with Crippen LogP contribution in [0, 0.1) is 0 Å². The van der Waals surface area contributed by atoms with Gasteiger partial charge in [-0.3, -0.25) is 4.79 Å². The number of ether oxygens (including phenoxy) is 3. The fraction of sp³-hybridized carbons (Fsp3) is 0.435. The lowest BCUT2D eigenvalue weighted by Crippen LogP contribution is -2.41. The van der Waals surface area contributed by atoms with Gasteiger partial charge in [0.25, 0.3) is 11.7 Å². The minimum absolute atomic E-state index is 0.113. The minimum Gasteiger partial charge on any atom is -0.494 e. The van der Waals surface area contributed by atoms with Crippen LogP contribution in [-0.2, 0) is 25.5 Å². The van der Waals surface area contributed by atoms with E-state index in [1.165, 1.54) is 5.56 Å². The van der Waals surface area contributed by atoms with Crippen molar-refractivity contribution in [3.63, 3.8) is 0 Å². The number of carbonyl (C=O) groups is 1. The second kappa shape index (κ2) is 7.63. The molecule has 154 valence electrons. The second-order valence-electron chi connectivity index (χ2n) is 8.38. The van der Waals surface area contributed by atoms with Crippen molar-refractivity contribution in [3.05, 3.63) is 58.6 Å². The number of anilines is 1. The van der Waals surface area contributed by atoms with Crippen molar-refractivity contribution < 1.29 is 19.0 Å². The van der Waals surface area contributed by atoms with Gasteiger partial charge in [0, 0.05) is 12.1 Å². The molecule has 2 heterocycles. The predicted octanol–water partition coefficient (Wildman–Crippen LogP) is 4.65. The molecule has 0 saturated carbocycles. The van der Waals surface area contributed by atoms with Crippen molar-refractivity contribution in [2.75, 3.05) is 31.3 Å². The summed E-state index contributed by atoms with van der Waals surface area (Å²) in [6.07, 6.45) is 0.660. The fourth-order valence-electron chi connectivity index (χ4n) is 3.82. The highest BCUT2D eigenvalue weighted by atomic mass is 35.5. The summed E-state index contributed by atoms with van der Waals surface area (Å²) in [7, 11) is 0. The van der Waals surface area contributed by atoms with Gasteiger partial charge in [0.1, 0.15) is 5.75 Å². The lowest BCUT2D eigenvalue weighted by molar-refractivity contribution is -0.180. The first-order valence-electron chi connectivity index (χ1n) is 9.95. The van der Waals surface area contributed by atoms with Crippen LogP contribution in [0.15, 0.2) is 42.5 Å². The number of halogens is 1. The summed E-state index contributed by atoms with van der Waals surface area (Å²) in [6, 6.07) is 13.6. The standard InChI is InChI=1S/C23H26ClNO4/c1-22(2,3)16-8-10-17(11-9-16)27-13-5-12-25-20-18(6-4-7-19(20)24)23(21(25)26)28-14-15-29-23/h4,6-11H,5,12-15H2,1-3H3. The van der Waals surface area contributed by atoms with Crippen LogP contribution >= 0.6 is 11.6 Å². The number of hydrogen-bond acceptors (Lipinski definition) is 4. The Morgan fingerprint density at radius 2 is 1.79 bits per heavy atom. The van der Waals surface area contributed by atoms with Crippen molar-refractivity contribution in [2.24, 2.45) is 0 Å². The van der Waals surface area contributed by atoms with E-state index in [1.54, 1.807) is 11.0 Å². The van der Waals surface area contributed by atoms with Gasteiger partial charge in [0.15, 0.2) is 0 Å². The van der Waals surface area contributed by atoms with Crippen molar-refractivity contribution in [1.29, 1.82) is 0 Å². The van der Waals surface area contributed by atoms with E-state index in [-0.39, 0.29) is 11.3 Å². The molecule has 1 amide bonds. The van der Waals surface area contributed by atoms with Gasteiger partial charge in [-0.2, -0.15) is 0 Å². The molecule has 1 saturated heterocycles. The molecule has 0 N–H and O–H groups in total. The Morgan fingerprint density at radius 3 is 2.45 bits per heavy atom. The van der Waals surface area contributed by atoms with Crippen LogP contribution < -0.4 is 9.64 Å². The lowest BCUT2D eigenvalue weighted by atomic mass is 9.87. The number of rotatable bonds is 5. The normalized spacial score (nSPS) is 17.8. The average molecular weight is 416 g/mol. The number of hydrogen-bond donors (Lipinski definition) is 0. The number of amides is 1. The first-order valence-corrected chi connectivity index (χ1v) is 10.3. The zero-order chi connectivity index (χ0) is 20.6. The number of fused-ring (bicyclic) bond motifs is 2. The van der Waals surface area contributed by atoms with Crippen molar-refractivity contribution >= 4 is 23.2 Å². The first kappa shape index (κ1) is 20.2. The van der Waals surface area contributed by atoms with E-state index < -0.39 is 5.79 Å². The maximum Gasteiger partial charge on any atom is 0.292 e. The van der Waals surface area contributed by atoms with Gasteiger partial charge in [-0.25, -0.2) is 0 Å². The topological polar surface area (TPSA) is 48.0 Å². The molecule has 0 aromatic heterocycles. The highest BCUT2D eigenvalue weighted by Gasteiger charge is 2.56. The molecule has 1 fully saturated rings. The molecule has 29 heavy (non-hydrogen) atoms. The molecule has 1 spiro atoms. The van der Waals surface area contributed by atoms with E-state index in [0.29, 0.717) is 49.1 Å². The monoisotopic (exact) mass is 415 g/mol. The SMILES string of the molecule is CC(C)(C)c1ccc(OCCCN2C(=O)C3(OCCO3)c3cccc(Cl)c32)cc1. The van der Waals surface area contributed by atoms with Gasteiger partial charge < -0.3 is 19.1 Å². The van der Waals surface area contributed by atoms with Crippen LogP contribution in [0.5, 0.6) is 5.75 Å². The van der Waals surface area contributed by atoms with Gasteiger partial charge in [0.05, 0.1) is 30.5 Å². The first-order chi connectivity index (χ1) is 13.8. The summed E-state index contributed by atoms with van der Waals surface area (Å²) in [5, 5.41) is 0.519. The molecule has 0 unspecified atom stereocenters. The van der Waals surface area contributed by atoms with E-state index in [4.69, 9.17) is 25.8 Å². The largest absolute Gasteiger partial charge is 0.494 e. The van der Waals surface area contributed by atoms with Crippen LogP contribution in [0.2, 0.25) is 5.02 Å². The molecule has 0 aliphatic carbocycles. The summed E-state index contributed by atoms with van der Waals surface area (Å²) < 4.78 is 17.3. The van der Waals surface area contributed by atoms with E-state index in [9.17, 15) is 4.79 Å². The average Bonchev–Trinajstić information content (AvgIpc) is 3.26. The van der Waals surface area contributed by atoms with Gasteiger partial charge in [0.2, 0.25) is 0 Å². The quantitative estimate of drug-likeness (QED) is 0.667. The molecule has 4 rings (SSSR count). The predicted molar refractivity (Wildman–Crippen MR) is 113 cm³/mol. The zero-order valence-corrected chi connectivity index (χ0v) is 17.8. The Kier molecular flexibility index (Phi) is 5.32. The fourth-order valence-corrected chi connectivity index (χ4v) is 4.09. The van der Waals surface area contributed by atoms with Crippen molar-refractivity contribution in [2.45, 2.75) is 38.4 Å². The summed E-state index contributed by atoms with van der Waals surface area (Å²) in [6.45, 7) is 8.30. The Hall–Kier alpha value is -2.08. The van der Waals surface area contributed by atoms with Gasteiger partial charge in [-0.15, -0.1) is 0 Å². The smallest absolute Gasteiger partial charge is 0.292 e. The maximum atomic E-state index is 13.1. The molecule has 2 aromatic rings. The minimum atomic E-state index is -1.34. The third kappa shape index (κ3) is 3.63. The molecule has 6 heteroatoms. The Balaban J connectivity index is 1.41. The molecule has 0 bridgehead atoms. The summed E-state index contributed by atoms with van der Waals surface area (Å²) in [4.78, 5) is 14.8. The van der Waals surface area contributed by atoms with E-state index in [1.807, 2.05) is 24.3 Å². The Labute approximate surface area is 176 Å². The lowest BCUT2D eigenvalue weighted by Gasteiger charge is -2.22. The molecule has 0 radical (unpaired) electrons. The highest BCUT2D eigenvalue weighted by molar-refractivity contribution is 6.35. The second-order valence-corrected chi connectivity index (χ2v) is 8.79. The van der Waals surface area contributed by atoms with Gasteiger partial charge in [-0.05, 0) is 35.6 Å².